The fraction of sp³-hybridized carbons (Fsp3) is 0.739. The molecule has 1 spiro atoms. The fourth-order valence-electron chi connectivity index (χ4n) is 5.22. The van der Waals surface area contributed by atoms with Gasteiger partial charge >= 0.3 is 0 Å². The molecule has 1 aliphatic carbocycles. The van der Waals surface area contributed by atoms with Gasteiger partial charge in [-0.15, -0.1) is 0 Å². The number of hydrogen-bond acceptors (Lipinski definition) is 5. The molecule has 1 atom stereocenters. The molecule has 1 aromatic rings. The van der Waals surface area contributed by atoms with Crippen molar-refractivity contribution in [3.8, 4) is 5.75 Å². The molecule has 0 unspecified atom stereocenters. The van der Waals surface area contributed by atoms with Crippen LogP contribution in [0.5, 0.6) is 5.75 Å². The first-order chi connectivity index (χ1) is 13.6. The molecule has 0 amide bonds. The van der Waals surface area contributed by atoms with Gasteiger partial charge in [-0.2, -0.15) is 0 Å². The molecule has 5 heteroatoms. The zero-order valence-electron chi connectivity index (χ0n) is 17.5. The van der Waals surface area contributed by atoms with E-state index in [1.807, 2.05) is 0 Å². The number of hydrogen-bond donors (Lipinski definition) is 1. The second-order valence-corrected chi connectivity index (χ2v) is 9.38. The molecule has 28 heavy (non-hydrogen) atoms. The molecule has 2 aliphatic heterocycles. The molecule has 1 N–H and O–H groups in total. The smallest absolute Gasteiger partial charge is 0.119 e. The van der Waals surface area contributed by atoms with Crippen LogP contribution in [0.25, 0.3) is 0 Å². The Morgan fingerprint density at radius 1 is 0.964 bits per heavy atom. The van der Waals surface area contributed by atoms with Crippen LogP contribution in [0.1, 0.15) is 37.7 Å². The molecule has 156 valence electrons. The topological polar surface area (TPSA) is 39.2 Å². The Morgan fingerprint density at radius 2 is 1.68 bits per heavy atom. The van der Waals surface area contributed by atoms with Crippen LogP contribution >= 0.6 is 0 Å². The molecule has 1 saturated carbocycles. The first kappa shape index (κ1) is 20.1. The minimum Gasteiger partial charge on any atom is -0.491 e. The Balaban J connectivity index is 1.18. The molecule has 1 aromatic carbocycles. The van der Waals surface area contributed by atoms with Crippen LogP contribution in [0, 0.1) is 5.41 Å². The molecule has 4 rings (SSSR count). The first-order valence-electron chi connectivity index (χ1n) is 11.1. The van der Waals surface area contributed by atoms with Gasteiger partial charge in [-0.05, 0) is 56.0 Å². The Bertz CT molecular complexity index is 607. The average Bonchev–Trinajstić information content (AvgIpc) is 3.33. The van der Waals surface area contributed by atoms with Gasteiger partial charge in [-0.25, -0.2) is 0 Å². The molecule has 2 saturated heterocycles. The van der Waals surface area contributed by atoms with Crippen molar-refractivity contribution < 1.29 is 9.84 Å². The highest BCUT2D eigenvalue weighted by atomic mass is 16.5. The van der Waals surface area contributed by atoms with Crippen LogP contribution in [-0.4, -0.2) is 85.4 Å². The lowest BCUT2D eigenvalue weighted by molar-refractivity contribution is 0.0505. The maximum absolute atomic E-state index is 10.3. The lowest BCUT2D eigenvalue weighted by Crippen LogP contribution is -2.47. The van der Waals surface area contributed by atoms with Crippen molar-refractivity contribution in [2.45, 2.75) is 44.8 Å². The Kier molecular flexibility index (Phi) is 6.56. The fourth-order valence-corrected chi connectivity index (χ4v) is 5.22. The third-order valence-corrected chi connectivity index (χ3v) is 7.02. The SMILES string of the molecule is CN1CCN(C[C@@H](O)COc2ccc(CN3CCC4(CCCC4)C3)cc2)CC1. The van der Waals surface area contributed by atoms with Crippen LogP contribution < -0.4 is 4.74 Å². The van der Waals surface area contributed by atoms with Gasteiger partial charge in [0.1, 0.15) is 18.5 Å². The number of benzene rings is 1. The normalized spacial score (nSPS) is 24.8. The quantitative estimate of drug-likeness (QED) is 0.778. The molecule has 0 aromatic heterocycles. The third-order valence-electron chi connectivity index (χ3n) is 7.02. The van der Waals surface area contributed by atoms with Gasteiger partial charge in [0, 0.05) is 45.8 Å². The van der Waals surface area contributed by atoms with Gasteiger partial charge in [-0.1, -0.05) is 25.0 Å². The highest BCUT2D eigenvalue weighted by molar-refractivity contribution is 5.27. The van der Waals surface area contributed by atoms with Gasteiger partial charge in [0.25, 0.3) is 0 Å². The van der Waals surface area contributed by atoms with Gasteiger partial charge in [0.2, 0.25) is 0 Å². The van der Waals surface area contributed by atoms with Crippen LogP contribution in [0.2, 0.25) is 0 Å². The van der Waals surface area contributed by atoms with Crippen molar-refractivity contribution in [3.05, 3.63) is 29.8 Å². The minimum absolute atomic E-state index is 0.361. The zero-order chi connectivity index (χ0) is 19.4. The lowest BCUT2D eigenvalue weighted by Gasteiger charge is -2.33. The number of aliphatic hydroxyl groups excluding tert-OH is 1. The summed E-state index contributed by atoms with van der Waals surface area (Å²) in [5.41, 5.74) is 2.00. The number of aliphatic hydroxyl groups is 1. The molecule has 3 aliphatic rings. The molecule has 0 bridgehead atoms. The monoisotopic (exact) mass is 387 g/mol. The summed E-state index contributed by atoms with van der Waals surface area (Å²) in [4.78, 5) is 7.28. The average molecular weight is 388 g/mol. The van der Waals surface area contributed by atoms with Gasteiger partial charge < -0.3 is 14.7 Å². The molecular weight excluding hydrogens is 350 g/mol. The number of likely N-dealkylation sites (N-methyl/N-ethyl adjacent to an activating group) is 1. The molecule has 2 heterocycles. The number of ether oxygens (including phenoxy) is 1. The number of rotatable bonds is 7. The van der Waals surface area contributed by atoms with Crippen molar-refractivity contribution in [2.75, 3.05) is 59.5 Å². The molecule has 3 fully saturated rings. The molecular formula is C23H37N3O2. The van der Waals surface area contributed by atoms with Crippen molar-refractivity contribution in [2.24, 2.45) is 5.41 Å². The van der Waals surface area contributed by atoms with E-state index in [4.69, 9.17) is 4.74 Å². The van der Waals surface area contributed by atoms with Crippen molar-refractivity contribution in [3.63, 3.8) is 0 Å². The molecule has 0 radical (unpaired) electrons. The van der Waals surface area contributed by atoms with Gasteiger partial charge in [0.15, 0.2) is 0 Å². The van der Waals surface area contributed by atoms with Crippen LogP contribution in [0.4, 0.5) is 0 Å². The van der Waals surface area contributed by atoms with Crippen molar-refractivity contribution in [1.82, 2.24) is 14.7 Å². The second kappa shape index (κ2) is 9.12. The predicted molar refractivity (Wildman–Crippen MR) is 113 cm³/mol. The lowest BCUT2D eigenvalue weighted by atomic mass is 9.86. The summed E-state index contributed by atoms with van der Waals surface area (Å²) in [5, 5.41) is 10.3. The second-order valence-electron chi connectivity index (χ2n) is 9.38. The van der Waals surface area contributed by atoms with Crippen LogP contribution in [0.15, 0.2) is 24.3 Å². The van der Waals surface area contributed by atoms with E-state index in [0.29, 0.717) is 18.6 Å². The Labute approximate surface area is 170 Å². The van der Waals surface area contributed by atoms with Crippen molar-refractivity contribution in [1.29, 1.82) is 0 Å². The molecule has 5 nitrogen and oxygen atoms in total. The standard InChI is InChI=1S/C23H37N3O2/c1-24-12-14-25(15-13-24)17-21(27)18-28-22-6-4-20(5-7-22)16-26-11-10-23(19-26)8-2-3-9-23/h4-7,21,27H,2-3,8-19H2,1H3/t21-/m1/s1. The summed E-state index contributed by atoms with van der Waals surface area (Å²) in [6.45, 7) is 8.85. The van der Waals surface area contributed by atoms with E-state index < -0.39 is 6.10 Å². The van der Waals surface area contributed by atoms with Gasteiger partial charge in [0.05, 0.1) is 0 Å². The largest absolute Gasteiger partial charge is 0.491 e. The summed E-state index contributed by atoms with van der Waals surface area (Å²) in [7, 11) is 2.15. The number of β-amino-alcohol motifs (C(OH)–C–C–N with tert-alkyl or cyclic N) is 1. The summed E-state index contributed by atoms with van der Waals surface area (Å²) in [6.07, 6.45) is 6.69. The summed E-state index contributed by atoms with van der Waals surface area (Å²) < 4.78 is 5.83. The first-order valence-corrected chi connectivity index (χ1v) is 11.1. The van der Waals surface area contributed by atoms with E-state index in [9.17, 15) is 5.11 Å². The summed E-state index contributed by atoms with van der Waals surface area (Å²) in [6, 6.07) is 8.47. The number of nitrogens with zero attached hydrogens (tertiary/aromatic N) is 3. The predicted octanol–water partition coefficient (Wildman–Crippen LogP) is 2.44. The van der Waals surface area contributed by atoms with E-state index in [2.05, 4.69) is 46.0 Å². The van der Waals surface area contributed by atoms with E-state index in [-0.39, 0.29) is 0 Å². The third kappa shape index (κ3) is 5.26. The highest BCUT2D eigenvalue weighted by Crippen LogP contribution is 2.45. The Hall–Kier alpha value is -1.14. The van der Waals surface area contributed by atoms with E-state index in [1.54, 1.807) is 0 Å². The van der Waals surface area contributed by atoms with E-state index in [1.165, 1.54) is 50.8 Å². The van der Waals surface area contributed by atoms with Crippen LogP contribution in [0.3, 0.4) is 0 Å². The minimum atomic E-state index is -0.435. The van der Waals surface area contributed by atoms with E-state index in [0.717, 1.165) is 38.5 Å². The number of likely N-dealkylation sites (tertiary alicyclic amines) is 1. The maximum Gasteiger partial charge on any atom is 0.119 e. The summed E-state index contributed by atoms with van der Waals surface area (Å²) in [5.74, 6) is 0.856. The van der Waals surface area contributed by atoms with Gasteiger partial charge in [-0.3, -0.25) is 9.80 Å². The number of piperazine rings is 1. The van der Waals surface area contributed by atoms with Crippen molar-refractivity contribution >= 4 is 0 Å². The van der Waals surface area contributed by atoms with Crippen LogP contribution in [-0.2, 0) is 6.54 Å². The highest BCUT2D eigenvalue weighted by Gasteiger charge is 2.39. The Morgan fingerprint density at radius 3 is 2.39 bits per heavy atom. The zero-order valence-corrected chi connectivity index (χ0v) is 17.5. The summed E-state index contributed by atoms with van der Waals surface area (Å²) >= 11 is 0. The maximum atomic E-state index is 10.3. The van der Waals surface area contributed by atoms with E-state index >= 15 is 0 Å².